The molecule has 5 nitrogen and oxygen atoms in total. The van der Waals surface area contributed by atoms with Crippen LogP contribution in [0.1, 0.15) is 20.3 Å². The molecule has 0 radical (unpaired) electrons. The molecule has 0 aromatic carbocycles. The first-order chi connectivity index (χ1) is 7.63. The lowest BCUT2D eigenvalue weighted by molar-refractivity contribution is 0.614. The van der Waals surface area contributed by atoms with Crippen LogP contribution in [0, 0.1) is 0 Å². The van der Waals surface area contributed by atoms with E-state index in [0.717, 1.165) is 6.42 Å². The van der Waals surface area contributed by atoms with Crippen LogP contribution in [0.15, 0.2) is 11.0 Å². The van der Waals surface area contributed by atoms with E-state index in [1.54, 1.807) is 6.20 Å². The highest BCUT2D eigenvalue weighted by Crippen LogP contribution is 2.16. The lowest BCUT2D eigenvalue weighted by Gasteiger charge is -2.16. The normalized spacial score (nSPS) is 12.5. The van der Waals surface area contributed by atoms with Gasteiger partial charge in [0.15, 0.2) is 0 Å². The highest BCUT2D eigenvalue weighted by molar-refractivity contribution is 6.32. The fourth-order valence-electron chi connectivity index (χ4n) is 1.34. The van der Waals surface area contributed by atoms with Crippen molar-refractivity contribution in [2.24, 2.45) is 5.73 Å². The second kappa shape index (κ2) is 5.86. The van der Waals surface area contributed by atoms with Crippen molar-refractivity contribution in [1.82, 2.24) is 9.78 Å². The smallest absolute Gasteiger partial charge is 0.287 e. The first kappa shape index (κ1) is 13.0. The van der Waals surface area contributed by atoms with E-state index in [-0.39, 0.29) is 16.6 Å². The number of nitrogens with zero attached hydrogens (tertiary/aromatic N) is 2. The van der Waals surface area contributed by atoms with Crippen LogP contribution in [0.4, 0.5) is 5.69 Å². The summed E-state index contributed by atoms with van der Waals surface area (Å²) in [6.45, 7) is 4.85. The van der Waals surface area contributed by atoms with Crippen LogP contribution in [0.5, 0.6) is 0 Å². The van der Waals surface area contributed by atoms with Gasteiger partial charge in [-0.15, -0.1) is 0 Å². The number of hydrogen-bond acceptors (Lipinski definition) is 4. The van der Waals surface area contributed by atoms with Gasteiger partial charge in [-0.05, 0) is 13.3 Å². The van der Waals surface area contributed by atoms with Crippen LogP contribution in [-0.2, 0) is 6.54 Å². The van der Waals surface area contributed by atoms with Crippen molar-refractivity contribution < 1.29 is 0 Å². The third kappa shape index (κ3) is 2.74. The van der Waals surface area contributed by atoms with E-state index in [0.29, 0.717) is 18.8 Å². The third-order valence-electron chi connectivity index (χ3n) is 2.42. The molecule has 0 aliphatic heterocycles. The molecular weight excluding hydrogens is 228 g/mol. The average Bonchev–Trinajstić information content (AvgIpc) is 2.31. The number of anilines is 1. The Morgan fingerprint density at radius 1 is 1.62 bits per heavy atom. The molecule has 1 rings (SSSR count). The van der Waals surface area contributed by atoms with E-state index in [2.05, 4.69) is 10.4 Å². The maximum absolute atomic E-state index is 11.7. The van der Waals surface area contributed by atoms with Crippen LogP contribution >= 0.6 is 11.6 Å². The maximum atomic E-state index is 11.7. The second-order valence-electron chi connectivity index (χ2n) is 3.48. The Bertz CT molecular complexity index is 400. The Morgan fingerprint density at radius 2 is 2.31 bits per heavy atom. The van der Waals surface area contributed by atoms with Gasteiger partial charge in [0.2, 0.25) is 0 Å². The number of nitrogens with two attached hydrogens (primary N) is 1. The number of aryl methyl sites for hydroxylation is 1. The number of nitrogens with one attached hydrogen (secondary N) is 1. The molecule has 1 aromatic heterocycles. The van der Waals surface area contributed by atoms with Gasteiger partial charge in [0.25, 0.3) is 5.56 Å². The van der Waals surface area contributed by atoms with Gasteiger partial charge in [-0.25, -0.2) is 4.68 Å². The van der Waals surface area contributed by atoms with E-state index in [1.165, 1.54) is 4.68 Å². The van der Waals surface area contributed by atoms with Crippen molar-refractivity contribution in [3.8, 4) is 0 Å². The molecule has 0 aliphatic rings. The minimum Gasteiger partial charge on any atom is -0.378 e. The first-order valence-electron chi connectivity index (χ1n) is 5.36. The fourth-order valence-corrected chi connectivity index (χ4v) is 1.54. The predicted molar refractivity (Wildman–Crippen MR) is 65.9 cm³/mol. The monoisotopic (exact) mass is 244 g/mol. The van der Waals surface area contributed by atoms with Crippen molar-refractivity contribution in [3.05, 3.63) is 21.6 Å². The van der Waals surface area contributed by atoms with Crippen LogP contribution in [0.25, 0.3) is 0 Å². The van der Waals surface area contributed by atoms with Crippen molar-refractivity contribution in [2.75, 3.05) is 11.9 Å². The van der Waals surface area contributed by atoms with Gasteiger partial charge in [-0.2, -0.15) is 5.10 Å². The van der Waals surface area contributed by atoms with Crippen molar-refractivity contribution in [3.63, 3.8) is 0 Å². The molecule has 0 amide bonds. The fraction of sp³-hybridized carbons (Fsp3) is 0.600. The van der Waals surface area contributed by atoms with Gasteiger partial charge in [-0.3, -0.25) is 4.79 Å². The number of halogens is 1. The van der Waals surface area contributed by atoms with Gasteiger partial charge >= 0.3 is 0 Å². The zero-order valence-corrected chi connectivity index (χ0v) is 10.3. The third-order valence-corrected chi connectivity index (χ3v) is 2.79. The van der Waals surface area contributed by atoms with E-state index in [4.69, 9.17) is 17.3 Å². The summed E-state index contributed by atoms with van der Waals surface area (Å²) in [4.78, 5) is 11.7. The lowest BCUT2D eigenvalue weighted by atomic mass is 10.2. The maximum Gasteiger partial charge on any atom is 0.287 e. The highest BCUT2D eigenvalue weighted by atomic mass is 35.5. The Labute approximate surface area is 99.6 Å². The Balaban J connectivity index is 2.99. The van der Waals surface area contributed by atoms with Crippen LogP contribution in [-0.4, -0.2) is 22.4 Å². The second-order valence-corrected chi connectivity index (χ2v) is 3.86. The Morgan fingerprint density at radius 3 is 2.81 bits per heavy atom. The molecule has 0 bridgehead atoms. The molecule has 16 heavy (non-hydrogen) atoms. The highest BCUT2D eigenvalue weighted by Gasteiger charge is 2.11. The molecule has 3 N–H and O–H groups in total. The van der Waals surface area contributed by atoms with E-state index < -0.39 is 0 Å². The van der Waals surface area contributed by atoms with Crippen molar-refractivity contribution >= 4 is 17.3 Å². The Hall–Kier alpha value is -1.07. The molecular formula is C10H17ClN4O. The molecule has 90 valence electrons. The van der Waals surface area contributed by atoms with Crippen molar-refractivity contribution in [1.29, 1.82) is 0 Å². The molecule has 1 unspecified atom stereocenters. The number of aromatic nitrogens is 2. The molecule has 0 saturated heterocycles. The minimum atomic E-state index is -0.277. The van der Waals surface area contributed by atoms with E-state index >= 15 is 0 Å². The van der Waals surface area contributed by atoms with Gasteiger partial charge in [0.1, 0.15) is 5.02 Å². The van der Waals surface area contributed by atoms with Crippen LogP contribution in [0.2, 0.25) is 5.02 Å². The molecule has 6 heteroatoms. The molecule has 1 heterocycles. The Kier molecular flexibility index (Phi) is 4.76. The average molecular weight is 245 g/mol. The molecule has 0 saturated carbocycles. The number of rotatable bonds is 5. The van der Waals surface area contributed by atoms with Gasteiger partial charge in [0, 0.05) is 19.1 Å². The van der Waals surface area contributed by atoms with Crippen LogP contribution in [0.3, 0.4) is 0 Å². The molecule has 0 spiro atoms. The SMILES string of the molecule is CCC(CN)Nc1cnn(CC)c(=O)c1Cl. The largest absolute Gasteiger partial charge is 0.378 e. The summed E-state index contributed by atoms with van der Waals surface area (Å²) in [6.07, 6.45) is 2.43. The van der Waals surface area contributed by atoms with E-state index in [9.17, 15) is 4.79 Å². The summed E-state index contributed by atoms with van der Waals surface area (Å²) in [5.41, 5.74) is 5.84. The van der Waals surface area contributed by atoms with Gasteiger partial charge in [-0.1, -0.05) is 18.5 Å². The first-order valence-corrected chi connectivity index (χ1v) is 5.74. The van der Waals surface area contributed by atoms with Gasteiger partial charge in [0.05, 0.1) is 11.9 Å². The zero-order chi connectivity index (χ0) is 12.1. The summed E-state index contributed by atoms with van der Waals surface area (Å²) >= 11 is 5.96. The van der Waals surface area contributed by atoms with Crippen LogP contribution < -0.4 is 16.6 Å². The minimum absolute atomic E-state index is 0.108. The van der Waals surface area contributed by atoms with Gasteiger partial charge < -0.3 is 11.1 Å². The predicted octanol–water partition coefficient (Wildman–Crippen LogP) is 1.07. The topological polar surface area (TPSA) is 72.9 Å². The summed E-state index contributed by atoms with van der Waals surface area (Å²) in [7, 11) is 0. The molecule has 1 aromatic rings. The summed E-state index contributed by atoms with van der Waals surface area (Å²) in [5, 5.41) is 7.27. The molecule has 0 fully saturated rings. The summed E-state index contributed by atoms with van der Waals surface area (Å²) in [5.74, 6) is 0. The lowest BCUT2D eigenvalue weighted by Crippen LogP contribution is -2.30. The quantitative estimate of drug-likeness (QED) is 0.813. The summed E-state index contributed by atoms with van der Waals surface area (Å²) < 4.78 is 1.32. The molecule has 0 aliphatic carbocycles. The molecule has 1 atom stereocenters. The standard InChI is InChI=1S/C10H17ClN4O/c1-3-7(5-12)14-8-6-13-15(4-2)10(16)9(8)11/h6-7,14H,3-5,12H2,1-2H3. The number of hydrogen-bond donors (Lipinski definition) is 2. The summed E-state index contributed by atoms with van der Waals surface area (Å²) in [6, 6.07) is 0.108. The zero-order valence-electron chi connectivity index (χ0n) is 9.53. The van der Waals surface area contributed by atoms with E-state index in [1.807, 2.05) is 13.8 Å². The van der Waals surface area contributed by atoms with Crippen molar-refractivity contribution in [2.45, 2.75) is 32.9 Å².